The molecular formula is C29H22O6. The first-order chi connectivity index (χ1) is 17.0. The van der Waals surface area contributed by atoms with Gasteiger partial charge in [0.1, 0.15) is 16.7 Å². The summed E-state index contributed by atoms with van der Waals surface area (Å²) in [6, 6.07) is 23.6. The van der Waals surface area contributed by atoms with Crippen molar-refractivity contribution in [2.24, 2.45) is 0 Å². The van der Waals surface area contributed by atoms with Gasteiger partial charge in [0, 0.05) is 0 Å². The Morgan fingerprint density at radius 1 is 0.629 bits per heavy atom. The quantitative estimate of drug-likeness (QED) is 0.282. The number of fused-ring (bicyclic) bond motifs is 4. The van der Waals surface area contributed by atoms with Crippen molar-refractivity contribution in [2.45, 2.75) is 6.92 Å². The van der Waals surface area contributed by atoms with Crippen LogP contribution in [0.1, 0.15) is 5.56 Å². The van der Waals surface area contributed by atoms with Gasteiger partial charge in [-0.2, -0.15) is 0 Å². The lowest BCUT2D eigenvalue weighted by atomic mass is 10.1. The van der Waals surface area contributed by atoms with E-state index in [-0.39, 0.29) is 10.9 Å². The van der Waals surface area contributed by atoms with Crippen LogP contribution in [0.3, 0.4) is 0 Å². The highest BCUT2D eigenvalue weighted by molar-refractivity contribution is 5.95. The van der Waals surface area contributed by atoms with Crippen LogP contribution in [0.5, 0.6) is 11.5 Å². The van der Waals surface area contributed by atoms with Gasteiger partial charge in [-0.3, -0.25) is 9.59 Å². The largest absolute Gasteiger partial charge is 0.493 e. The summed E-state index contributed by atoms with van der Waals surface area (Å²) < 4.78 is 22.1. The van der Waals surface area contributed by atoms with E-state index in [4.69, 9.17) is 18.3 Å². The highest BCUT2D eigenvalue weighted by Crippen LogP contribution is 2.37. The average molecular weight is 466 g/mol. The summed E-state index contributed by atoms with van der Waals surface area (Å²) in [6.45, 7) is 1.86. The van der Waals surface area contributed by atoms with Crippen LogP contribution in [0, 0.1) is 6.92 Å². The SMILES string of the molecule is COc1cc(C)c2c(=O)c3ccccc3oc2c1OC.O=c1c2ccccc2oc2ccccc12. The van der Waals surface area contributed by atoms with E-state index in [9.17, 15) is 9.59 Å². The molecule has 0 saturated carbocycles. The molecular weight excluding hydrogens is 444 g/mol. The van der Waals surface area contributed by atoms with E-state index in [2.05, 4.69) is 0 Å². The Bertz CT molecular complexity index is 1770. The number of para-hydroxylation sites is 3. The zero-order chi connectivity index (χ0) is 24.5. The normalized spacial score (nSPS) is 10.9. The minimum atomic E-state index is -0.0553. The molecule has 35 heavy (non-hydrogen) atoms. The molecule has 2 aromatic heterocycles. The summed E-state index contributed by atoms with van der Waals surface area (Å²) in [5, 5.41) is 2.36. The second kappa shape index (κ2) is 8.99. The number of ether oxygens (including phenoxy) is 2. The second-order valence-electron chi connectivity index (χ2n) is 7.98. The molecule has 6 heteroatoms. The van der Waals surface area contributed by atoms with Gasteiger partial charge in [-0.1, -0.05) is 36.4 Å². The highest BCUT2D eigenvalue weighted by atomic mass is 16.5. The maximum absolute atomic E-state index is 12.6. The van der Waals surface area contributed by atoms with E-state index >= 15 is 0 Å². The minimum Gasteiger partial charge on any atom is -0.493 e. The second-order valence-corrected chi connectivity index (χ2v) is 7.98. The van der Waals surface area contributed by atoms with Crippen molar-refractivity contribution < 1.29 is 18.3 Å². The zero-order valence-corrected chi connectivity index (χ0v) is 19.5. The van der Waals surface area contributed by atoms with Crippen molar-refractivity contribution in [3.05, 3.63) is 105 Å². The fourth-order valence-electron chi connectivity index (χ4n) is 4.20. The standard InChI is InChI=1S/C16H14O4.C13H8O2/c1-9-8-12(18-2)15(19-3)16-13(9)14(17)10-6-4-5-7-11(10)20-16;14-13-9-5-1-3-7-11(9)15-12-8-4-2-6-10(12)13/h4-8H,1-3H3;1-8H. The van der Waals surface area contributed by atoms with Crippen molar-refractivity contribution in [1.29, 1.82) is 0 Å². The van der Waals surface area contributed by atoms with Gasteiger partial charge >= 0.3 is 0 Å². The summed E-state index contributed by atoms with van der Waals surface area (Å²) in [5.74, 6) is 0.992. The van der Waals surface area contributed by atoms with Gasteiger partial charge in [-0.25, -0.2) is 0 Å². The Kier molecular flexibility index (Phi) is 5.71. The Labute approximate surface area is 199 Å². The molecule has 0 radical (unpaired) electrons. The molecule has 0 spiro atoms. The van der Waals surface area contributed by atoms with Gasteiger partial charge in [-0.15, -0.1) is 0 Å². The average Bonchev–Trinajstić information content (AvgIpc) is 2.89. The van der Waals surface area contributed by atoms with Gasteiger partial charge in [0.15, 0.2) is 11.3 Å². The van der Waals surface area contributed by atoms with Crippen LogP contribution in [0.15, 0.2) is 97.3 Å². The van der Waals surface area contributed by atoms with Gasteiger partial charge < -0.3 is 18.3 Å². The summed E-state index contributed by atoms with van der Waals surface area (Å²) in [5.41, 5.74) is 3.02. The predicted molar refractivity (Wildman–Crippen MR) is 138 cm³/mol. The molecule has 6 aromatic rings. The maximum Gasteiger partial charge on any atom is 0.204 e. The molecule has 174 valence electrons. The van der Waals surface area contributed by atoms with Gasteiger partial charge in [0.2, 0.25) is 16.6 Å². The first kappa shape index (κ1) is 22.2. The molecule has 0 aliphatic heterocycles. The van der Waals surface area contributed by atoms with E-state index in [1.54, 1.807) is 37.4 Å². The van der Waals surface area contributed by atoms with Crippen molar-refractivity contribution in [1.82, 2.24) is 0 Å². The first-order valence-corrected chi connectivity index (χ1v) is 11.0. The fraction of sp³-hybridized carbons (Fsp3) is 0.103. The van der Waals surface area contributed by atoms with Crippen LogP contribution in [-0.4, -0.2) is 14.2 Å². The molecule has 0 aliphatic rings. The van der Waals surface area contributed by atoms with E-state index in [1.807, 2.05) is 55.5 Å². The third kappa shape index (κ3) is 3.79. The van der Waals surface area contributed by atoms with Gasteiger partial charge in [0.25, 0.3) is 0 Å². The number of rotatable bonds is 2. The number of methoxy groups -OCH3 is 2. The Morgan fingerprint density at radius 3 is 1.63 bits per heavy atom. The molecule has 0 bridgehead atoms. The minimum absolute atomic E-state index is 0.0347. The topological polar surface area (TPSA) is 78.9 Å². The molecule has 0 amide bonds. The van der Waals surface area contributed by atoms with Crippen LogP contribution >= 0.6 is 0 Å². The van der Waals surface area contributed by atoms with E-state index < -0.39 is 0 Å². The molecule has 4 aromatic carbocycles. The number of hydrogen-bond acceptors (Lipinski definition) is 6. The molecule has 0 atom stereocenters. The zero-order valence-electron chi connectivity index (χ0n) is 19.5. The lowest BCUT2D eigenvalue weighted by molar-refractivity contribution is 0.353. The summed E-state index contributed by atoms with van der Waals surface area (Å²) >= 11 is 0. The molecule has 2 heterocycles. The molecule has 0 aliphatic carbocycles. The smallest absolute Gasteiger partial charge is 0.204 e. The molecule has 6 nitrogen and oxygen atoms in total. The summed E-state index contributed by atoms with van der Waals surface area (Å²) in [6.07, 6.45) is 0. The van der Waals surface area contributed by atoms with Gasteiger partial charge in [0.05, 0.1) is 35.8 Å². The Hall–Kier alpha value is -4.58. The molecule has 0 unspecified atom stereocenters. The van der Waals surface area contributed by atoms with Crippen molar-refractivity contribution in [3.63, 3.8) is 0 Å². The Morgan fingerprint density at radius 2 is 1.11 bits per heavy atom. The number of aryl methyl sites for hydroxylation is 1. The Balaban J connectivity index is 0.000000151. The monoisotopic (exact) mass is 466 g/mol. The van der Waals surface area contributed by atoms with Crippen LogP contribution in [0.2, 0.25) is 0 Å². The van der Waals surface area contributed by atoms with Crippen LogP contribution in [-0.2, 0) is 0 Å². The summed E-state index contributed by atoms with van der Waals surface area (Å²) in [7, 11) is 3.09. The van der Waals surface area contributed by atoms with Crippen molar-refractivity contribution in [2.75, 3.05) is 14.2 Å². The van der Waals surface area contributed by atoms with Crippen molar-refractivity contribution >= 4 is 43.9 Å². The highest BCUT2D eigenvalue weighted by Gasteiger charge is 2.18. The molecule has 6 rings (SSSR count). The predicted octanol–water partition coefficient (Wildman–Crippen LogP) is 6.22. The van der Waals surface area contributed by atoms with E-state index in [0.29, 0.717) is 55.4 Å². The third-order valence-electron chi connectivity index (χ3n) is 5.88. The lowest BCUT2D eigenvalue weighted by Crippen LogP contribution is -2.05. The number of hydrogen-bond donors (Lipinski definition) is 0. The van der Waals surface area contributed by atoms with E-state index in [1.165, 1.54) is 7.11 Å². The lowest BCUT2D eigenvalue weighted by Gasteiger charge is -2.12. The maximum atomic E-state index is 12.6. The van der Waals surface area contributed by atoms with Crippen LogP contribution < -0.4 is 20.3 Å². The van der Waals surface area contributed by atoms with Gasteiger partial charge in [-0.05, 0) is 55.0 Å². The fourth-order valence-corrected chi connectivity index (χ4v) is 4.20. The van der Waals surface area contributed by atoms with Crippen LogP contribution in [0.4, 0.5) is 0 Å². The van der Waals surface area contributed by atoms with E-state index in [0.717, 1.165) is 5.56 Å². The molecule has 0 saturated heterocycles. The molecule has 0 N–H and O–H groups in total. The first-order valence-electron chi connectivity index (χ1n) is 11.0. The van der Waals surface area contributed by atoms with Crippen LogP contribution in [0.25, 0.3) is 43.9 Å². The summed E-state index contributed by atoms with van der Waals surface area (Å²) in [4.78, 5) is 24.6. The number of benzene rings is 4. The van der Waals surface area contributed by atoms with Crippen molar-refractivity contribution in [3.8, 4) is 11.5 Å². The molecule has 0 fully saturated rings. The third-order valence-corrected chi connectivity index (χ3v) is 5.88.